The minimum atomic E-state index is -1.20. The Labute approximate surface area is 135 Å². The molecule has 2 aromatic rings. The zero-order chi connectivity index (χ0) is 17.0. The van der Waals surface area contributed by atoms with Crippen molar-refractivity contribution < 1.29 is 14.3 Å². The summed E-state index contributed by atoms with van der Waals surface area (Å²) in [6.45, 7) is 7.39. The van der Waals surface area contributed by atoms with E-state index in [0.717, 1.165) is 11.5 Å². The Kier molecular flexibility index (Phi) is 5.00. The zero-order valence-corrected chi connectivity index (χ0v) is 13.8. The molecule has 0 saturated heterocycles. The molecule has 23 heavy (non-hydrogen) atoms. The number of aryl methyl sites for hydroxylation is 3. The molecule has 0 saturated carbocycles. The molecular formula is C16H22N4O3. The van der Waals surface area contributed by atoms with Crippen molar-refractivity contribution >= 4 is 6.03 Å². The van der Waals surface area contributed by atoms with Gasteiger partial charge in [-0.3, -0.25) is 0 Å². The van der Waals surface area contributed by atoms with Gasteiger partial charge in [-0.15, -0.1) is 0 Å². The van der Waals surface area contributed by atoms with Crippen molar-refractivity contribution in [3.8, 4) is 0 Å². The second-order valence-electron chi connectivity index (χ2n) is 5.73. The number of hydrogen-bond donors (Lipinski definition) is 3. The van der Waals surface area contributed by atoms with Crippen molar-refractivity contribution in [2.75, 3.05) is 6.54 Å². The van der Waals surface area contributed by atoms with Gasteiger partial charge in [-0.05, 0) is 39.8 Å². The van der Waals surface area contributed by atoms with Crippen LogP contribution in [0.4, 0.5) is 4.79 Å². The Morgan fingerprint density at radius 2 is 2.09 bits per heavy atom. The molecule has 0 aliphatic carbocycles. The molecule has 2 rings (SSSR count). The Morgan fingerprint density at radius 3 is 2.70 bits per heavy atom. The summed E-state index contributed by atoms with van der Waals surface area (Å²) in [7, 11) is 0. The van der Waals surface area contributed by atoms with Gasteiger partial charge in [0, 0.05) is 11.8 Å². The first-order valence-electron chi connectivity index (χ1n) is 7.38. The number of amides is 2. The molecule has 0 fully saturated rings. The van der Waals surface area contributed by atoms with Gasteiger partial charge in [-0.25, -0.2) is 14.8 Å². The van der Waals surface area contributed by atoms with Crippen molar-refractivity contribution in [2.45, 2.75) is 39.8 Å². The molecule has 124 valence electrons. The minimum absolute atomic E-state index is 0.0709. The summed E-state index contributed by atoms with van der Waals surface area (Å²) in [4.78, 5) is 20.1. The van der Waals surface area contributed by atoms with Gasteiger partial charge in [-0.2, -0.15) is 0 Å². The van der Waals surface area contributed by atoms with E-state index in [4.69, 9.17) is 4.42 Å². The summed E-state index contributed by atoms with van der Waals surface area (Å²) in [6.07, 6.45) is 1.64. The van der Waals surface area contributed by atoms with Crippen LogP contribution in [-0.2, 0) is 12.1 Å². The first kappa shape index (κ1) is 17.0. The number of carbonyl (C=O) groups is 1. The average Bonchev–Trinajstić information content (AvgIpc) is 2.83. The van der Waals surface area contributed by atoms with Gasteiger partial charge in [0.05, 0.1) is 18.8 Å². The van der Waals surface area contributed by atoms with E-state index < -0.39 is 5.60 Å². The fraction of sp³-hybridized carbons (Fsp3) is 0.438. The lowest BCUT2D eigenvalue weighted by Gasteiger charge is -2.23. The number of hydrogen-bond acceptors (Lipinski definition) is 5. The number of carbonyl (C=O) groups excluding carboxylic acids is 1. The zero-order valence-electron chi connectivity index (χ0n) is 13.8. The lowest BCUT2D eigenvalue weighted by atomic mass is 9.96. The largest absolute Gasteiger partial charge is 0.466 e. The van der Waals surface area contributed by atoms with Gasteiger partial charge >= 0.3 is 6.03 Å². The van der Waals surface area contributed by atoms with E-state index in [-0.39, 0.29) is 12.6 Å². The van der Waals surface area contributed by atoms with Gasteiger partial charge in [0.15, 0.2) is 0 Å². The molecule has 7 heteroatoms. The smallest absolute Gasteiger partial charge is 0.315 e. The third-order valence-corrected chi connectivity index (χ3v) is 3.48. The SMILES string of the molecule is Cc1nccc(CNC(=O)NC[C@@](C)(O)c2cc(C)oc2C)n1. The van der Waals surface area contributed by atoms with Gasteiger partial charge < -0.3 is 20.2 Å². The second kappa shape index (κ2) is 6.78. The van der Waals surface area contributed by atoms with E-state index in [1.54, 1.807) is 39.1 Å². The lowest BCUT2D eigenvalue weighted by Crippen LogP contribution is -2.43. The predicted molar refractivity (Wildman–Crippen MR) is 84.8 cm³/mol. The molecule has 0 aliphatic heterocycles. The number of furan rings is 1. The van der Waals surface area contributed by atoms with Crippen LogP contribution in [0.2, 0.25) is 0 Å². The van der Waals surface area contributed by atoms with Crippen LogP contribution < -0.4 is 10.6 Å². The molecule has 2 heterocycles. The Bertz CT molecular complexity index is 694. The Balaban J connectivity index is 1.87. The molecule has 0 spiro atoms. The van der Waals surface area contributed by atoms with E-state index in [1.807, 2.05) is 6.92 Å². The third kappa shape index (κ3) is 4.53. The summed E-state index contributed by atoms with van der Waals surface area (Å²) >= 11 is 0. The van der Waals surface area contributed by atoms with Crippen LogP contribution in [0.15, 0.2) is 22.7 Å². The quantitative estimate of drug-likeness (QED) is 0.779. The predicted octanol–water partition coefficient (Wildman–Crippen LogP) is 1.70. The number of nitrogens with zero attached hydrogens (tertiary/aromatic N) is 2. The second-order valence-corrected chi connectivity index (χ2v) is 5.73. The highest BCUT2D eigenvalue weighted by atomic mass is 16.3. The van der Waals surface area contributed by atoms with E-state index in [1.165, 1.54) is 0 Å². The molecule has 0 radical (unpaired) electrons. The number of nitrogens with one attached hydrogen (secondary N) is 2. The maximum atomic E-state index is 11.9. The van der Waals surface area contributed by atoms with Crippen molar-refractivity contribution in [1.29, 1.82) is 0 Å². The van der Waals surface area contributed by atoms with Crippen LogP contribution >= 0.6 is 0 Å². The van der Waals surface area contributed by atoms with Crippen LogP contribution in [0.3, 0.4) is 0 Å². The molecular weight excluding hydrogens is 296 g/mol. The molecule has 7 nitrogen and oxygen atoms in total. The van der Waals surface area contributed by atoms with E-state index in [0.29, 0.717) is 23.7 Å². The van der Waals surface area contributed by atoms with Gasteiger partial charge in [0.1, 0.15) is 22.9 Å². The molecule has 0 aromatic carbocycles. The van der Waals surface area contributed by atoms with E-state index in [2.05, 4.69) is 20.6 Å². The highest BCUT2D eigenvalue weighted by molar-refractivity contribution is 5.73. The van der Waals surface area contributed by atoms with Gasteiger partial charge in [0.2, 0.25) is 0 Å². The monoisotopic (exact) mass is 318 g/mol. The molecule has 2 aromatic heterocycles. The first-order valence-corrected chi connectivity index (χ1v) is 7.38. The Hall–Kier alpha value is -2.41. The fourth-order valence-electron chi connectivity index (χ4n) is 2.35. The van der Waals surface area contributed by atoms with Crippen LogP contribution in [0.25, 0.3) is 0 Å². The summed E-state index contributed by atoms with van der Waals surface area (Å²) in [5.41, 5.74) is 0.187. The Morgan fingerprint density at radius 1 is 1.35 bits per heavy atom. The third-order valence-electron chi connectivity index (χ3n) is 3.48. The lowest BCUT2D eigenvalue weighted by molar-refractivity contribution is 0.0579. The van der Waals surface area contributed by atoms with Crippen molar-refractivity contribution in [2.24, 2.45) is 0 Å². The fourth-order valence-corrected chi connectivity index (χ4v) is 2.35. The van der Waals surface area contributed by atoms with E-state index >= 15 is 0 Å². The molecule has 1 atom stereocenters. The maximum absolute atomic E-state index is 11.9. The highest BCUT2D eigenvalue weighted by Gasteiger charge is 2.28. The topological polar surface area (TPSA) is 100 Å². The highest BCUT2D eigenvalue weighted by Crippen LogP contribution is 2.26. The molecule has 2 amide bonds. The van der Waals surface area contributed by atoms with Crippen molar-refractivity contribution in [3.05, 3.63) is 46.9 Å². The molecule has 0 unspecified atom stereocenters. The van der Waals surface area contributed by atoms with Crippen molar-refractivity contribution in [3.63, 3.8) is 0 Å². The number of aromatic nitrogens is 2. The van der Waals surface area contributed by atoms with E-state index in [9.17, 15) is 9.90 Å². The van der Waals surface area contributed by atoms with Crippen LogP contribution in [0.1, 0.15) is 35.5 Å². The standard InChI is InChI=1S/C16H22N4O3/c1-10-7-14(11(2)23-10)16(4,22)9-19-15(21)18-8-13-5-6-17-12(3)20-13/h5-7,22H,8-9H2,1-4H3,(H2,18,19,21)/t16-/m1/s1. The molecule has 3 N–H and O–H groups in total. The average molecular weight is 318 g/mol. The number of rotatable bonds is 5. The minimum Gasteiger partial charge on any atom is -0.466 e. The normalized spacial score (nSPS) is 13.4. The van der Waals surface area contributed by atoms with Crippen LogP contribution in [0.5, 0.6) is 0 Å². The summed E-state index contributed by atoms with van der Waals surface area (Å²) in [6, 6.07) is 3.14. The van der Waals surface area contributed by atoms with Crippen molar-refractivity contribution in [1.82, 2.24) is 20.6 Å². The van der Waals surface area contributed by atoms with Crippen LogP contribution in [-0.4, -0.2) is 27.7 Å². The number of urea groups is 1. The van der Waals surface area contributed by atoms with Gasteiger partial charge in [-0.1, -0.05) is 0 Å². The first-order chi connectivity index (χ1) is 10.8. The summed E-state index contributed by atoms with van der Waals surface area (Å²) < 4.78 is 5.42. The molecule has 0 bridgehead atoms. The summed E-state index contributed by atoms with van der Waals surface area (Å²) in [5, 5.41) is 15.9. The number of aliphatic hydroxyl groups is 1. The van der Waals surface area contributed by atoms with Crippen LogP contribution in [0, 0.1) is 20.8 Å². The maximum Gasteiger partial charge on any atom is 0.315 e. The molecule has 0 aliphatic rings. The van der Waals surface area contributed by atoms with Gasteiger partial charge in [0.25, 0.3) is 0 Å². The summed E-state index contributed by atoms with van der Waals surface area (Å²) in [5.74, 6) is 2.02.